The summed E-state index contributed by atoms with van der Waals surface area (Å²) in [5.74, 6) is 0.810. The number of nitro groups is 1. The van der Waals surface area contributed by atoms with Crippen molar-refractivity contribution in [1.29, 1.82) is 0 Å². The Hall–Kier alpha value is -2.76. The number of nitro benzene ring substituents is 1. The van der Waals surface area contributed by atoms with Crippen molar-refractivity contribution >= 4 is 11.4 Å². The number of aryl methyl sites for hydroxylation is 2. The van der Waals surface area contributed by atoms with Crippen molar-refractivity contribution in [3.8, 4) is 11.5 Å². The Morgan fingerprint density at radius 2 is 1.57 bits per heavy atom. The van der Waals surface area contributed by atoms with Crippen molar-refractivity contribution in [3.63, 3.8) is 0 Å². The van der Waals surface area contributed by atoms with Crippen LogP contribution in [-0.4, -0.2) is 19.1 Å². The Morgan fingerprint density at radius 3 is 2.09 bits per heavy atom. The minimum atomic E-state index is -0.416. The van der Waals surface area contributed by atoms with E-state index in [0.717, 1.165) is 16.8 Å². The fourth-order valence-corrected chi connectivity index (χ4v) is 2.50. The van der Waals surface area contributed by atoms with Crippen LogP contribution in [0.3, 0.4) is 0 Å². The second-order valence-corrected chi connectivity index (χ2v) is 5.32. The summed E-state index contributed by atoms with van der Waals surface area (Å²) in [5, 5.41) is 14.5. The highest BCUT2D eigenvalue weighted by molar-refractivity contribution is 5.56. The standard InChI is InChI=1S/C17H20N2O4/c1-11-5-12(2)7-14(6-11)18-10-13-8-16(22-3)17(23-4)9-15(13)19(20)21/h5-9,18H,10H2,1-4H3. The SMILES string of the molecule is COc1cc(CNc2cc(C)cc(C)c2)c([N+](=O)[O-])cc1OC. The van der Waals surface area contributed by atoms with E-state index in [0.29, 0.717) is 23.6 Å². The van der Waals surface area contributed by atoms with Gasteiger partial charge in [0.2, 0.25) is 0 Å². The van der Waals surface area contributed by atoms with Crippen LogP contribution in [0.5, 0.6) is 11.5 Å². The summed E-state index contributed by atoms with van der Waals surface area (Å²) in [7, 11) is 2.96. The second kappa shape index (κ2) is 7.00. The van der Waals surface area contributed by atoms with Gasteiger partial charge in [0.25, 0.3) is 5.69 Å². The summed E-state index contributed by atoms with van der Waals surface area (Å²) in [4.78, 5) is 10.9. The molecule has 0 aliphatic rings. The van der Waals surface area contributed by atoms with Gasteiger partial charge in [0, 0.05) is 12.2 Å². The molecule has 0 atom stereocenters. The molecule has 2 rings (SSSR count). The normalized spacial score (nSPS) is 10.3. The molecule has 122 valence electrons. The van der Waals surface area contributed by atoms with Crippen LogP contribution in [0.2, 0.25) is 0 Å². The van der Waals surface area contributed by atoms with Crippen LogP contribution in [0.25, 0.3) is 0 Å². The maximum Gasteiger partial charge on any atom is 0.278 e. The Bertz CT molecular complexity index is 709. The molecule has 0 aliphatic carbocycles. The van der Waals surface area contributed by atoms with Gasteiger partial charge in [0.1, 0.15) is 0 Å². The molecule has 6 heteroatoms. The third-order valence-electron chi connectivity index (χ3n) is 3.49. The molecule has 0 unspecified atom stereocenters. The van der Waals surface area contributed by atoms with E-state index in [1.807, 2.05) is 26.0 Å². The summed E-state index contributed by atoms with van der Waals surface area (Å²) >= 11 is 0. The molecular formula is C17H20N2O4. The largest absolute Gasteiger partial charge is 0.493 e. The molecule has 0 aliphatic heterocycles. The van der Waals surface area contributed by atoms with Gasteiger partial charge in [-0.1, -0.05) is 6.07 Å². The molecule has 6 nitrogen and oxygen atoms in total. The first kappa shape index (κ1) is 16.6. The fourth-order valence-electron chi connectivity index (χ4n) is 2.50. The molecule has 0 fully saturated rings. The molecule has 1 N–H and O–H groups in total. The lowest BCUT2D eigenvalue weighted by atomic mass is 10.1. The third kappa shape index (κ3) is 3.91. The second-order valence-electron chi connectivity index (χ2n) is 5.32. The zero-order valence-corrected chi connectivity index (χ0v) is 13.7. The molecule has 2 aromatic rings. The number of hydrogen-bond acceptors (Lipinski definition) is 5. The number of rotatable bonds is 6. The highest BCUT2D eigenvalue weighted by Crippen LogP contribution is 2.34. The number of nitrogens with one attached hydrogen (secondary N) is 1. The predicted molar refractivity (Wildman–Crippen MR) is 89.4 cm³/mol. The maximum atomic E-state index is 11.3. The molecule has 0 saturated heterocycles. The molecule has 0 aromatic heterocycles. The van der Waals surface area contributed by atoms with Crippen LogP contribution in [0.1, 0.15) is 16.7 Å². The van der Waals surface area contributed by atoms with Crippen LogP contribution in [-0.2, 0) is 6.54 Å². The van der Waals surface area contributed by atoms with Crippen molar-refractivity contribution in [2.24, 2.45) is 0 Å². The van der Waals surface area contributed by atoms with E-state index >= 15 is 0 Å². The lowest BCUT2D eigenvalue weighted by molar-refractivity contribution is -0.385. The average molecular weight is 316 g/mol. The quantitative estimate of drug-likeness (QED) is 0.647. The first-order valence-electron chi connectivity index (χ1n) is 7.16. The topological polar surface area (TPSA) is 73.6 Å². The van der Waals surface area contributed by atoms with E-state index in [1.165, 1.54) is 20.3 Å². The van der Waals surface area contributed by atoms with E-state index in [9.17, 15) is 10.1 Å². The van der Waals surface area contributed by atoms with Gasteiger partial charge in [-0.2, -0.15) is 0 Å². The molecule has 2 aromatic carbocycles. The summed E-state index contributed by atoms with van der Waals surface area (Å²) in [6.07, 6.45) is 0. The zero-order chi connectivity index (χ0) is 17.0. The number of benzene rings is 2. The monoisotopic (exact) mass is 316 g/mol. The van der Waals surface area contributed by atoms with Gasteiger partial charge in [-0.05, 0) is 43.2 Å². The minimum absolute atomic E-state index is 0.000440. The molecule has 0 spiro atoms. The average Bonchev–Trinajstić information content (AvgIpc) is 2.50. The van der Waals surface area contributed by atoms with Gasteiger partial charge >= 0.3 is 0 Å². The number of hydrogen-bond donors (Lipinski definition) is 1. The van der Waals surface area contributed by atoms with Gasteiger partial charge in [0.05, 0.1) is 30.8 Å². The van der Waals surface area contributed by atoms with E-state index in [2.05, 4.69) is 11.4 Å². The van der Waals surface area contributed by atoms with E-state index in [4.69, 9.17) is 9.47 Å². The van der Waals surface area contributed by atoms with Crippen LogP contribution >= 0.6 is 0 Å². The zero-order valence-electron chi connectivity index (χ0n) is 13.7. The number of ether oxygens (including phenoxy) is 2. The summed E-state index contributed by atoms with van der Waals surface area (Å²) in [6, 6.07) is 9.09. The lowest BCUT2D eigenvalue weighted by Crippen LogP contribution is -2.05. The van der Waals surface area contributed by atoms with Crippen LogP contribution in [0.15, 0.2) is 30.3 Å². The smallest absolute Gasteiger partial charge is 0.278 e. The Kier molecular flexibility index (Phi) is 5.05. The summed E-state index contributed by atoms with van der Waals surface area (Å²) in [5.41, 5.74) is 3.72. The highest BCUT2D eigenvalue weighted by atomic mass is 16.6. The first-order chi connectivity index (χ1) is 10.9. The number of anilines is 1. The van der Waals surface area contributed by atoms with E-state index < -0.39 is 4.92 Å². The third-order valence-corrected chi connectivity index (χ3v) is 3.49. The summed E-state index contributed by atoms with van der Waals surface area (Å²) in [6.45, 7) is 4.34. The van der Waals surface area contributed by atoms with Gasteiger partial charge in [-0.3, -0.25) is 10.1 Å². The van der Waals surface area contributed by atoms with Crippen molar-refractivity contribution in [2.75, 3.05) is 19.5 Å². The van der Waals surface area contributed by atoms with Gasteiger partial charge in [-0.15, -0.1) is 0 Å². The molecule has 0 radical (unpaired) electrons. The maximum absolute atomic E-state index is 11.3. The van der Waals surface area contributed by atoms with Crippen molar-refractivity contribution < 1.29 is 14.4 Å². The van der Waals surface area contributed by atoms with Crippen LogP contribution in [0.4, 0.5) is 11.4 Å². The van der Waals surface area contributed by atoms with Gasteiger partial charge in [-0.25, -0.2) is 0 Å². The van der Waals surface area contributed by atoms with Crippen molar-refractivity contribution in [1.82, 2.24) is 0 Å². The highest BCUT2D eigenvalue weighted by Gasteiger charge is 2.19. The van der Waals surface area contributed by atoms with E-state index in [1.54, 1.807) is 6.07 Å². The molecule has 0 amide bonds. The molecule has 0 heterocycles. The Labute approximate surface area is 135 Å². The van der Waals surface area contributed by atoms with Crippen LogP contribution in [0, 0.1) is 24.0 Å². The molecule has 0 bridgehead atoms. The number of methoxy groups -OCH3 is 2. The van der Waals surface area contributed by atoms with Gasteiger partial charge in [0.15, 0.2) is 11.5 Å². The minimum Gasteiger partial charge on any atom is -0.493 e. The Morgan fingerprint density at radius 1 is 1.00 bits per heavy atom. The molecule has 0 saturated carbocycles. The fraction of sp³-hybridized carbons (Fsp3) is 0.294. The molecule has 23 heavy (non-hydrogen) atoms. The van der Waals surface area contributed by atoms with Gasteiger partial charge < -0.3 is 14.8 Å². The van der Waals surface area contributed by atoms with E-state index in [-0.39, 0.29) is 5.69 Å². The number of nitrogens with zero attached hydrogens (tertiary/aromatic N) is 1. The lowest BCUT2D eigenvalue weighted by Gasteiger charge is -2.12. The predicted octanol–water partition coefficient (Wildman–Crippen LogP) is 3.84. The first-order valence-corrected chi connectivity index (χ1v) is 7.16. The Balaban J connectivity index is 2.32. The van der Waals surface area contributed by atoms with Crippen LogP contribution < -0.4 is 14.8 Å². The van der Waals surface area contributed by atoms with Crippen molar-refractivity contribution in [2.45, 2.75) is 20.4 Å². The summed E-state index contributed by atoms with van der Waals surface area (Å²) < 4.78 is 10.4. The molecular weight excluding hydrogens is 296 g/mol. The van der Waals surface area contributed by atoms with Crippen molar-refractivity contribution in [3.05, 3.63) is 57.1 Å².